The number of nitrogens with zero attached hydrogens (tertiary/aromatic N) is 1. The minimum atomic E-state index is -3.62. The first kappa shape index (κ1) is 18.0. The van der Waals surface area contributed by atoms with Gasteiger partial charge in [-0.05, 0) is 31.0 Å². The number of hydrogen-bond donors (Lipinski definition) is 1. The van der Waals surface area contributed by atoms with Gasteiger partial charge in [0, 0.05) is 18.7 Å². The van der Waals surface area contributed by atoms with Gasteiger partial charge in [0.2, 0.25) is 10.0 Å². The molecule has 1 atom stereocenters. The monoisotopic (exact) mass is 328 g/mol. The van der Waals surface area contributed by atoms with Crippen molar-refractivity contribution in [3.63, 3.8) is 0 Å². The van der Waals surface area contributed by atoms with Gasteiger partial charge in [0.05, 0.1) is 11.6 Å². The highest BCUT2D eigenvalue weighted by molar-refractivity contribution is 7.89. The van der Waals surface area contributed by atoms with E-state index in [0.717, 1.165) is 0 Å². The van der Waals surface area contributed by atoms with Gasteiger partial charge in [0.15, 0.2) is 0 Å². The van der Waals surface area contributed by atoms with Crippen LogP contribution in [0.5, 0.6) is 0 Å². The van der Waals surface area contributed by atoms with Gasteiger partial charge in [0.1, 0.15) is 4.90 Å². The Morgan fingerprint density at radius 3 is 2.43 bits per heavy atom. The summed E-state index contributed by atoms with van der Waals surface area (Å²) < 4.78 is 26.6. The van der Waals surface area contributed by atoms with E-state index in [1.165, 1.54) is 10.4 Å². The fraction of sp³-hybridized carbons (Fsp3) is 0.467. The molecule has 0 aliphatic rings. The van der Waals surface area contributed by atoms with Gasteiger partial charge < -0.3 is 5.73 Å². The van der Waals surface area contributed by atoms with Crippen LogP contribution in [0.1, 0.15) is 26.3 Å². The molecule has 0 spiro atoms. The molecule has 2 N–H and O–H groups in total. The van der Waals surface area contributed by atoms with E-state index in [1.54, 1.807) is 19.2 Å². The Labute approximate surface area is 132 Å². The normalized spacial score (nSPS) is 13.1. The molecule has 1 unspecified atom stereocenters. The molecule has 0 aromatic heterocycles. The molecule has 0 aliphatic heterocycles. The maximum atomic E-state index is 12.6. The Morgan fingerprint density at radius 2 is 1.95 bits per heavy atom. The predicted octanol–water partition coefficient (Wildman–Crippen LogP) is 2.32. The van der Waals surface area contributed by atoms with Crippen molar-refractivity contribution in [3.05, 3.63) is 28.8 Å². The second kappa shape index (κ2) is 7.28. The third-order valence-electron chi connectivity index (χ3n) is 3.46. The molecule has 0 radical (unpaired) electrons. The van der Waals surface area contributed by atoms with Crippen LogP contribution in [0.2, 0.25) is 5.02 Å². The van der Waals surface area contributed by atoms with Gasteiger partial charge in [-0.15, -0.1) is 0 Å². The number of sulfonamides is 1. The van der Waals surface area contributed by atoms with E-state index in [2.05, 4.69) is 11.8 Å². The summed E-state index contributed by atoms with van der Waals surface area (Å²) in [6, 6.07) is 4.55. The second-order valence-electron chi connectivity index (χ2n) is 5.16. The molecule has 0 saturated carbocycles. The molecule has 0 saturated heterocycles. The molecule has 1 aromatic carbocycles. The summed E-state index contributed by atoms with van der Waals surface area (Å²) >= 11 is 6.12. The predicted molar refractivity (Wildman–Crippen MR) is 86.6 cm³/mol. The van der Waals surface area contributed by atoms with Crippen LogP contribution < -0.4 is 5.73 Å². The van der Waals surface area contributed by atoms with Crippen LogP contribution in [0.4, 0.5) is 0 Å². The number of halogens is 1. The average Bonchev–Trinajstić information content (AvgIpc) is 2.42. The van der Waals surface area contributed by atoms with Crippen LogP contribution in [0, 0.1) is 17.8 Å². The quantitative estimate of drug-likeness (QED) is 0.863. The molecule has 1 aromatic rings. The van der Waals surface area contributed by atoms with E-state index >= 15 is 0 Å². The minimum Gasteiger partial charge on any atom is -0.320 e. The van der Waals surface area contributed by atoms with Gasteiger partial charge >= 0.3 is 0 Å². The summed E-state index contributed by atoms with van der Waals surface area (Å²) in [5.41, 5.74) is 5.95. The van der Waals surface area contributed by atoms with Crippen molar-refractivity contribution in [2.45, 2.75) is 31.7 Å². The Balaban J connectivity index is 3.21. The standard InChI is InChI=1S/C15H21ClN2O2S/c1-11(2)12(3)18(4)21(19,20)15-8-7-13(6-5-9-17)10-14(15)16/h7-8,10-12H,9,17H2,1-4H3. The highest BCUT2D eigenvalue weighted by Crippen LogP contribution is 2.27. The van der Waals surface area contributed by atoms with Crippen LogP contribution in [0.3, 0.4) is 0 Å². The molecule has 0 fully saturated rings. The number of benzene rings is 1. The molecule has 0 heterocycles. The molecule has 21 heavy (non-hydrogen) atoms. The van der Waals surface area contributed by atoms with Gasteiger partial charge in [-0.2, -0.15) is 4.31 Å². The fourth-order valence-electron chi connectivity index (χ4n) is 1.73. The van der Waals surface area contributed by atoms with E-state index in [4.69, 9.17) is 17.3 Å². The summed E-state index contributed by atoms with van der Waals surface area (Å²) in [6.07, 6.45) is 0. The van der Waals surface area contributed by atoms with Crippen molar-refractivity contribution in [1.29, 1.82) is 0 Å². The molecule has 6 heteroatoms. The van der Waals surface area contributed by atoms with E-state index in [9.17, 15) is 8.42 Å². The van der Waals surface area contributed by atoms with Crippen LogP contribution in [-0.2, 0) is 10.0 Å². The largest absolute Gasteiger partial charge is 0.320 e. The van der Waals surface area contributed by atoms with Gasteiger partial charge in [-0.1, -0.05) is 37.3 Å². The topological polar surface area (TPSA) is 63.4 Å². The Kier molecular flexibility index (Phi) is 6.24. The van der Waals surface area contributed by atoms with Crippen LogP contribution in [-0.4, -0.2) is 32.4 Å². The van der Waals surface area contributed by atoms with Crippen molar-refractivity contribution in [1.82, 2.24) is 4.31 Å². The van der Waals surface area contributed by atoms with Crippen LogP contribution >= 0.6 is 11.6 Å². The number of hydrogen-bond acceptors (Lipinski definition) is 3. The number of nitrogens with two attached hydrogens (primary N) is 1. The van der Waals surface area contributed by atoms with Gasteiger partial charge in [-0.25, -0.2) is 8.42 Å². The first-order valence-electron chi connectivity index (χ1n) is 6.68. The summed E-state index contributed by atoms with van der Waals surface area (Å²) in [5.74, 6) is 5.74. The van der Waals surface area contributed by atoms with Gasteiger partial charge in [-0.3, -0.25) is 0 Å². The van der Waals surface area contributed by atoms with E-state index in [-0.39, 0.29) is 28.4 Å². The fourth-order valence-corrected chi connectivity index (χ4v) is 3.74. The molecule has 1 rings (SSSR count). The van der Waals surface area contributed by atoms with Crippen molar-refractivity contribution in [2.24, 2.45) is 11.7 Å². The maximum absolute atomic E-state index is 12.6. The summed E-state index contributed by atoms with van der Waals surface area (Å²) in [6.45, 7) is 6.07. The molecule has 0 aliphatic carbocycles. The molecule has 0 bridgehead atoms. The molecule has 116 valence electrons. The lowest BCUT2D eigenvalue weighted by Gasteiger charge is -2.27. The third kappa shape index (κ3) is 4.21. The second-order valence-corrected chi connectivity index (χ2v) is 7.53. The molecule has 0 amide bonds. The first-order valence-corrected chi connectivity index (χ1v) is 8.50. The smallest absolute Gasteiger partial charge is 0.244 e. The first-order chi connectivity index (χ1) is 9.71. The maximum Gasteiger partial charge on any atom is 0.244 e. The van der Waals surface area contributed by atoms with Crippen LogP contribution in [0.15, 0.2) is 23.1 Å². The number of rotatable bonds is 4. The van der Waals surface area contributed by atoms with Crippen molar-refractivity contribution < 1.29 is 8.42 Å². The highest BCUT2D eigenvalue weighted by atomic mass is 35.5. The Morgan fingerprint density at radius 1 is 1.33 bits per heavy atom. The average molecular weight is 329 g/mol. The van der Waals surface area contributed by atoms with Gasteiger partial charge in [0.25, 0.3) is 0 Å². The zero-order chi connectivity index (χ0) is 16.2. The minimum absolute atomic E-state index is 0.0949. The van der Waals surface area contributed by atoms with E-state index < -0.39 is 10.0 Å². The lowest BCUT2D eigenvalue weighted by molar-refractivity contribution is 0.316. The lowest BCUT2D eigenvalue weighted by Crippen LogP contribution is -2.38. The van der Waals surface area contributed by atoms with Crippen LogP contribution in [0.25, 0.3) is 0 Å². The van der Waals surface area contributed by atoms with E-state index in [1.807, 2.05) is 20.8 Å². The zero-order valence-corrected chi connectivity index (χ0v) is 14.3. The SMILES string of the molecule is CC(C)C(C)N(C)S(=O)(=O)c1ccc(C#CCN)cc1Cl. The molecule has 4 nitrogen and oxygen atoms in total. The Bertz CT molecular complexity index is 660. The van der Waals surface area contributed by atoms with Crippen molar-refractivity contribution >= 4 is 21.6 Å². The zero-order valence-electron chi connectivity index (χ0n) is 12.7. The molecular formula is C15H21ClN2O2S. The van der Waals surface area contributed by atoms with E-state index in [0.29, 0.717) is 5.56 Å². The Hall–Kier alpha value is -1.06. The summed E-state index contributed by atoms with van der Waals surface area (Å²) in [5, 5.41) is 0.168. The molecular weight excluding hydrogens is 308 g/mol. The van der Waals surface area contributed by atoms with Crippen molar-refractivity contribution in [2.75, 3.05) is 13.6 Å². The highest BCUT2D eigenvalue weighted by Gasteiger charge is 2.28. The summed E-state index contributed by atoms with van der Waals surface area (Å²) in [7, 11) is -2.05. The summed E-state index contributed by atoms with van der Waals surface area (Å²) in [4.78, 5) is 0.0949. The lowest BCUT2D eigenvalue weighted by atomic mass is 10.1. The van der Waals surface area contributed by atoms with Crippen molar-refractivity contribution in [3.8, 4) is 11.8 Å². The third-order valence-corrected chi connectivity index (χ3v) is 5.89.